The first kappa shape index (κ1) is 11.4. The van der Waals surface area contributed by atoms with Gasteiger partial charge in [-0.15, -0.1) is 11.6 Å². The Kier molecular flexibility index (Phi) is 2.62. The van der Waals surface area contributed by atoms with Gasteiger partial charge in [0.1, 0.15) is 11.4 Å². The van der Waals surface area contributed by atoms with E-state index in [2.05, 4.69) is 32.0 Å². The van der Waals surface area contributed by atoms with E-state index in [0.717, 1.165) is 24.5 Å². The van der Waals surface area contributed by atoms with Gasteiger partial charge in [-0.3, -0.25) is 0 Å². The predicted molar refractivity (Wildman–Crippen MR) is 70.8 cm³/mol. The van der Waals surface area contributed by atoms with Crippen LogP contribution in [-0.2, 0) is 6.42 Å². The van der Waals surface area contributed by atoms with Crippen molar-refractivity contribution in [2.24, 2.45) is 5.92 Å². The van der Waals surface area contributed by atoms with Gasteiger partial charge in [0, 0.05) is 6.42 Å². The minimum absolute atomic E-state index is 0.0563. The minimum Gasteiger partial charge on any atom is -0.487 e. The summed E-state index contributed by atoms with van der Waals surface area (Å²) in [7, 11) is 0. The number of rotatable bonds is 3. The molecule has 1 nitrogen and oxygen atoms in total. The van der Waals surface area contributed by atoms with Gasteiger partial charge in [-0.1, -0.05) is 25.0 Å². The molecule has 0 N–H and O–H groups in total. The Morgan fingerprint density at radius 1 is 1.41 bits per heavy atom. The van der Waals surface area contributed by atoms with Gasteiger partial charge < -0.3 is 4.74 Å². The number of halogens is 1. The maximum Gasteiger partial charge on any atom is 0.123 e. The molecule has 1 unspecified atom stereocenters. The van der Waals surface area contributed by atoms with Crippen LogP contribution in [0.3, 0.4) is 0 Å². The van der Waals surface area contributed by atoms with Crippen LogP contribution in [0.5, 0.6) is 5.75 Å². The maximum absolute atomic E-state index is 6.47. The molecule has 0 amide bonds. The quantitative estimate of drug-likeness (QED) is 0.719. The summed E-state index contributed by atoms with van der Waals surface area (Å²) in [5.74, 6) is 1.91. The second-order valence-corrected chi connectivity index (χ2v) is 6.58. The molecular weight excluding hydrogens is 232 g/mol. The predicted octanol–water partition coefficient (Wildman–Crippen LogP) is 4.48. The monoisotopic (exact) mass is 250 g/mol. The van der Waals surface area contributed by atoms with Gasteiger partial charge >= 0.3 is 0 Å². The molecule has 1 heterocycles. The number of hydrogen-bond acceptors (Lipinski definition) is 1. The molecule has 1 atom stereocenters. The largest absolute Gasteiger partial charge is 0.487 e. The van der Waals surface area contributed by atoms with E-state index in [1.165, 1.54) is 24.0 Å². The highest BCUT2D eigenvalue weighted by atomic mass is 35.5. The lowest BCUT2D eigenvalue weighted by Crippen LogP contribution is -2.24. The molecule has 1 aromatic rings. The van der Waals surface area contributed by atoms with Crippen molar-refractivity contribution in [2.45, 2.75) is 50.5 Å². The van der Waals surface area contributed by atoms with Crippen molar-refractivity contribution in [2.75, 3.05) is 0 Å². The number of benzene rings is 1. The zero-order valence-electron chi connectivity index (χ0n) is 10.5. The van der Waals surface area contributed by atoms with Crippen LogP contribution in [0.1, 0.15) is 49.6 Å². The van der Waals surface area contributed by atoms with Crippen molar-refractivity contribution >= 4 is 11.6 Å². The lowest BCUT2D eigenvalue weighted by molar-refractivity contribution is 0.138. The summed E-state index contributed by atoms with van der Waals surface area (Å²) in [4.78, 5) is 0. The molecule has 0 spiro atoms. The summed E-state index contributed by atoms with van der Waals surface area (Å²) < 4.78 is 5.88. The van der Waals surface area contributed by atoms with Crippen LogP contribution >= 0.6 is 11.6 Å². The average molecular weight is 251 g/mol. The van der Waals surface area contributed by atoms with E-state index in [1.54, 1.807) is 0 Å². The first-order chi connectivity index (χ1) is 8.03. The van der Waals surface area contributed by atoms with Gasteiger partial charge in [0.05, 0.1) is 5.38 Å². The van der Waals surface area contributed by atoms with Gasteiger partial charge in [-0.25, -0.2) is 0 Å². The van der Waals surface area contributed by atoms with Crippen LogP contribution in [0.15, 0.2) is 18.2 Å². The van der Waals surface area contributed by atoms with Crippen LogP contribution in [0.2, 0.25) is 0 Å². The highest BCUT2D eigenvalue weighted by molar-refractivity contribution is 6.20. The maximum atomic E-state index is 6.47. The van der Waals surface area contributed by atoms with Gasteiger partial charge in [0.2, 0.25) is 0 Å². The summed E-state index contributed by atoms with van der Waals surface area (Å²) in [5, 5.41) is 0.177. The third-order valence-electron chi connectivity index (χ3n) is 3.69. The van der Waals surface area contributed by atoms with Crippen LogP contribution < -0.4 is 4.74 Å². The molecular formula is C15H19ClO. The third-order valence-corrected chi connectivity index (χ3v) is 4.12. The fraction of sp³-hybridized carbons (Fsp3) is 0.600. The Morgan fingerprint density at radius 3 is 2.88 bits per heavy atom. The molecule has 1 fully saturated rings. The lowest BCUT2D eigenvalue weighted by atomic mass is 9.98. The van der Waals surface area contributed by atoms with Crippen LogP contribution in [-0.4, -0.2) is 5.60 Å². The second-order valence-electron chi connectivity index (χ2n) is 6.05. The number of ether oxygens (including phenoxy) is 1. The van der Waals surface area contributed by atoms with Gasteiger partial charge in [0.15, 0.2) is 0 Å². The van der Waals surface area contributed by atoms with E-state index < -0.39 is 0 Å². The van der Waals surface area contributed by atoms with Crippen molar-refractivity contribution in [1.29, 1.82) is 0 Å². The third kappa shape index (κ3) is 2.44. The summed E-state index contributed by atoms with van der Waals surface area (Å²) in [6.45, 7) is 4.27. The molecule has 0 saturated heterocycles. The topological polar surface area (TPSA) is 9.23 Å². The molecule has 2 heteroatoms. The summed E-state index contributed by atoms with van der Waals surface area (Å²) in [6, 6.07) is 6.45. The van der Waals surface area contributed by atoms with E-state index >= 15 is 0 Å². The molecule has 0 radical (unpaired) electrons. The number of fused-ring (bicyclic) bond motifs is 1. The van der Waals surface area contributed by atoms with Crippen molar-refractivity contribution in [3.63, 3.8) is 0 Å². The molecule has 1 saturated carbocycles. The molecule has 1 aliphatic heterocycles. The highest BCUT2D eigenvalue weighted by Crippen LogP contribution is 2.42. The molecule has 0 aromatic heterocycles. The summed E-state index contributed by atoms with van der Waals surface area (Å²) >= 11 is 6.47. The van der Waals surface area contributed by atoms with Crippen molar-refractivity contribution in [1.82, 2.24) is 0 Å². The smallest absolute Gasteiger partial charge is 0.123 e. The normalized spacial score (nSPS) is 23.0. The molecule has 1 aromatic carbocycles. The standard InChI is InChI=1S/C15H19ClO/c1-15(2)9-12-8-11(5-6-14(12)17-15)13(16)7-10-3-4-10/h5-6,8,10,13H,3-4,7,9H2,1-2H3. The SMILES string of the molecule is CC1(C)Cc2cc(C(Cl)CC3CC3)ccc2O1. The fourth-order valence-electron chi connectivity index (χ4n) is 2.61. The van der Waals surface area contributed by atoms with Gasteiger partial charge in [0.25, 0.3) is 0 Å². The van der Waals surface area contributed by atoms with Gasteiger partial charge in [-0.05, 0) is 43.4 Å². The van der Waals surface area contributed by atoms with Crippen LogP contribution in [0.25, 0.3) is 0 Å². The van der Waals surface area contributed by atoms with E-state index in [-0.39, 0.29) is 11.0 Å². The summed E-state index contributed by atoms with van der Waals surface area (Å²) in [5.41, 5.74) is 2.52. The molecule has 0 bridgehead atoms. The van der Waals surface area contributed by atoms with Crippen molar-refractivity contribution in [3.8, 4) is 5.75 Å². The van der Waals surface area contributed by atoms with Crippen molar-refractivity contribution < 1.29 is 4.74 Å². The number of alkyl halides is 1. The van der Waals surface area contributed by atoms with E-state index in [1.807, 2.05) is 0 Å². The Bertz CT molecular complexity index is 435. The van der Waals surface area contributed by atoms with Crippen LogP contribution in [0, 0.1) is 5.92 Å². The van der Waals surface area contributed by atoms with Gasteiger partial charge in [-0.2, -0.15) is 0 Å². The Labute approximate surface area is 108 Å². The van der Waals surface area contributed by atoms with E-state index in [9.17, 15) is 0 Å². The first-order valence-corrected chi connectivity index (χ1v) is 6.93. The Morgan fingerprint density at radius 2 is 2.18 bits per heavy atom. The molecule has 2 aliphatic rings. The zero-order chi connectivity index (χ0) is 12.0. The fourth-order valence-corrected chi connectivity index (χ4v) is 2.99. The van der Waals surface area contributed by atoms with E-state index in [4.69, 9.17) is 16.3 Å². The Balaban J connectivity index is 1.79. The molecule has 92 valence electrons. The average Bonchev–Trinajstić information content (AvgIpc) is 2.97. The lowest BCUT2D eigenvalue weighted by Gasteiger charge is -2.16. The molecule has 3 rings (SSSR count). The molecule has 1 aliphatic carbocycles. The zero-order valence-corrected chi connectivity index (χ0v) is 11.3. The highest BCUT2D eigenvalue weighted by Gasteiger charge is 2.31. The summed E-state index contributed by atoms with van der Waals surface area (Å²) in [6.07, 6.45) is 4.85. The first-order valence-electron chi connectivity index (χ1n) is 6.49. The Hall–Kier alpha value is -0.690. The molecule has 17 heavy (non-hydrogen) atoms. The second kappa shape index (κ2) is 3.91. The van der Waals surface area contributed by atoms with Crippen LogP contribution in [0.4, 0.5) is 0 Å². The van der Waals surface area contributed by atoms with E-state index in [0.29, 0.717) is 0 Å². The van der Waals surface area contributed by atoms with Crippen molar-refractivity contribution in [3.05, 3.63) is 29.3 Å². The number of hydrogen-bond donors (Lipinski definition) is 0. The minimum atomic E-state index is -0.0563.